The molecule has 5 rings (SSSR count). The van der Waals surface area contributed by atoms with Gasteiger partial charge in [-0.05, 0) is 76.0 Å². The Morgan fingerprint density at radius 2 is 1.94 bits per heavy atom. The largest absolute Gasteiger partial charge is 0.340 e. The van der Waals surface area contributed by atoms with Gasteiger partial charge >= 0.3 is 0 Å². The van der Waals surface area contributed by atoms with Crippen LogP contribution < -0.4 is 5.32 Å². The molecule has 2 atom stereocenters. The van der Waals surface area contributed by atoms with Gasteiger partial charge in [0.1, 0.15) is 0 Å². The second-order valence-electron chi connectivity index (χ2n) is 10.2. The first kappa shape index (κ1) is 23.4. The van der Waals surface area contributed by atoms with Gasteiger partial charge in [-0.1, -0.05) is 12.1 Å². The number of piperidine rings is 1. The fraction of sp³-hybridized carbons (Fsp3) is 0.593. The Balaban J connectivity index is 1.12. The molecule has 0 bridgehead atoms. The van der Waals surface area contributed by atoms with Crippen LogP contribution in [0.5, 0.6) is 0 Å². The predicted molar refractivity (Wildman–Crippen MR) is 133 cm³/mol. The lowest BCUT2D eigenvalue weighted by molar-refractivity contribution is -0.138. The summed E-state index contributed by atoms with van der Waals surface area (Å²) < 4.78 is 0. The number of piperazine rings is 1. The third kappa shape index (κ3) is 5.48. The number of nitrogens with zero attached hydrogens (tertiary/aromatic N) is 5. The Labute approximate surface area is 203 Å². The van der Waals surface area contributed by atoms with E-state index in [1.807, 2.05) is 24.5 Å². The molecule has 7 heteroatoms. The van der Waals surface area contributed by atoms with Gasteiger partial charge < -0.3 is 10.2 Å². The second-order valence-corrected chi connectivity index (χ2v) is 10.2. The number of amides is 1. The minimum atomic E-state index is 0.158. The van der Waals surface area contributed by atoms with E-state index in [2.05, 4.69) is 50.2 Å². The average Bonchev–Trinajstić information content (AvgIpc) is 2.89. The SMILES string of the molecule is CN(CC1CN(C(=O)C2CCN(Cc3ccccn3)CC2)CCN1)C1CCCc2cccnc21. The third-order valence-corrected chi connectivity index (χ3v) is 7.82. The molecule has 0 spiro atoms. The fourth-order valence-corrected chi connectivity index (χ4v) is 5.95. The smallest absolute Gasteiger partial charge is 0.225 e. The Morgan fingerprint density at radius 3 is 2.76 bits per heavy atom. The molecule has 0 saturated carbocycles. The topological polar surface area (TPSA) is 64.6 Å². The highest BCUT2D eigenvalue weighted by Crippen LogP contribution is 2.32. The number of likely N-dealkylation sites (N-methyl/N-ethyl adjacent to an activating group) is 1. The molecule has 3 aliphatic rings. The van der Waals surface area contributed by atoms with Crippen molar-refractivity contribution in [3.63, 3.8) is 0 Å². The van der Waals surface area contributed by atoms with E-state index >= 15 is 0 Å². The molecule has 1 amide bonds. The first-order valence-corrected chi connectivity index (χ1v) is 13.0. The van der Waals surface area contributed by atoms with E-state index in [9.17, 15) is 4.79 Å². The van der Waals surface area contributed by atoms with Gasteiger partial charge in [0, 0.05) is 57.1 Å². The molecule has 182 valence electrons. The van der Waals surface area contributed by atoms with Crippen molar-refractivity contribution in [1.29, 1.82) is 0 Å². The van der Waals surface area contributed by atoms with Gasteiger partial charge in [0.05, 0.1) is 17.4 Å². The number of aromatic nitrogens is 2. The van der Waals surface area contributed by atoms with Crippen LogP contribution in [0.4, 0.5) is 0 Å². The molecule has 0 aromatic carbocycles. The zero-order valence-corrected chi connectivity index (χ0v) is 20.4. The lowest BCUT2D eigenvalue weighted by Crippen LogP contribution is -2.57. The monoisotopic (exact) mass is 462 g/mol. The van der Waals surface area contributed by atoms with Crippen LogP contribution >= 0.6 is 0 Å². The first-order valence-electron chi connectivity index (χ1n) is 13.0. The predicted octanol–water partition coefficient (Wildman–Crippen LogP) is 2.50. The number of pyridine rings is 2. The number of likely N-dealkylation sites (tertiary alicyclic amines) is 1. The average molecular weight is 463 g/mol. The highest BCUT2D eigenvalue weighted by Gasteiger charge is 2.33. The normalized spacial score (nSPS) is 24.2. The number of nitrogens with one attached hydrogen (secondary N) is 1. The zero-order chi connectivity index (χ0) is 23.3. The Bertz CT molecular complexity index is 945. The van der Waals surface area contributed by atoms with E-state index < -0.39 is 0 Å². The molecule has 1 aliphatic carbocycles. The van der Waals surface area contributed by atoms with Gasteiger partial charge in [-0.25, -0.2) is 0 Å². The van der Waals surface area contributed by atoms with Crippen molar-refractivity contribution in [3.8, 4) is 0 Å². The van der Waals surface area contributed by atoms with Crippen molar-refractivity contribution in [1.82, 2.24) is 30.0 Å². The fourth-order valence-electron chi connectivity index (χ4n) is 5.95. The Morgan fingerprint density at radius 1 is 1.09 bits per heavy atom. The van der Waals surface area contributed by atoms with E-state index in [-0.39, 0.29) is 5.92 Å². The number of aryl methyl sites for hydroxylation is 1. The van der Waals surface area contributed by atoms with Crippen molar-refractivity contribution in [2.24, 2.45) is 5.92 Å². The van der Waals surface area contributed by atoms with E-state index in [4.69, 9.17) is 4.98 Å². The van der Waals surface area contributed by atoms with Crippen molar-refractivity contribution >= 4 is 5.91 Å². The maximum Gasteiger partial charge on any atom is 0.225 e. The van der Waals surface area contributed by atoms with Crippen LogP contribution in [0, 0.1) is 5.92 Å². The Kier molecular flexibility index (Phi) is 7.52. The molecule has 7 nitrogen and oxygen atoms in total. The van der Waals surface area contributed by atoms with E-state index in [1.165, 1.54) is 17.7 Å². The summed E-state index contributed by atoms with van der Waals surface area (Å²) in [4.78, 5) is 29.5. The quantitative estimate of drug-likeness (QED) is 0.712. The van der Waals surface area contributed by atoms with Crippen molar-refractivity contribution in [2.45, 2.75) is 50.7 Å². The van der Waals surface area contributed by atoms with Crippen LogP contribution in [0.25, 0.3) is 0 Å². The van der Waals surface area contributed by atoms with Crippen molar-refractivity contribution in [3.05, 3.63) is 59.7 Å². The molecule has 4 heterocycles. The van der Waals surface area contributed by atoms with E-state index in [1.54, 1.807) is 0 Å². The molecule has 1 N–H and O–H groups in total. The Hall–Kier alpha value is -2.35. The first-order chi connectivity index (χ1) is 16.7. The molecule has 2 saturated heterocycles. The lowest BCUT2D eigenvalue weighted by Gasteiger charge is -2.40. The standard InChI is InChI=1S/C27H38N6O/c1-31(25-9-4-6-21-7-5-13-30-26(21)25)18-24-20-33(17-14-29-24)27(34)22-10-15-32(16-11-22)19-23-8-2-3-12-28-23/h2-3,5,7-8,12-13,22,24-25,29H,4,6,9-11,14-20H2,1H3. The van der Waals surface area contributed by atoms with Crippen LogP contribution in [0.3, 0.4) is 0 Å². The lowest BCUT2D eigenvalue weighted by atomic mass is 9.91. The van der Waals surface area contributed by atoms with Gasteiger partial charge in [0.25, 0.3) is 0 Å². The number of hydrogen-bond acceptors (Lipinski definition) is 6. The summed E-state index contributed by atoms with van der Waals surface area (Å²) >= 11 is 0. The molecule has 2 unspecified atom stereocenters. The molecule has 2 aromatic rings. The molecule has 34 heavy (non-hydrogen) atoms. The maximum atomic E-state index is 13.4. The van der Waals surface area contributed by atoms with Gasteiger partial charge in [0.15, 0.2) is 0 Å². The highest BCUT2D eigenvalue weighted by molar-refractivity contribution is 5.79. The minimum Gasteiger partial charge on any atom is -0.340 e. The molecular formula is C27H38N6O. The van der Waals surface area contributed by atoms with E-state index in [0.29, 0.717) is 18.0 Å². The van der Waals surface area contributed by atoms with Crippen LogP contribution in [0.15, 0.2) is 42.7 Å². The molecule has 2 fully saturated rings. The van der Waals surface area contributed by atoms with Crippen LogP contribution in [-0.4, -0.2) is 82.9 Å². The van der Waals surface area contributed by atoms with Gasteiger partial charge in [-0.2, -0.15) is 0 Å². The number of hydrogen-bond donors (Lipinski definition) is 1. The van der Waals surface area contributed by atoms with Gasteiger partial charge in [0.2, 0.25) is 5.91 Å². The van der Waals surface area contributed by atoms with Crippen molar-refractivity contribution < 1.29 is 4.79 Å². The zero-order valence-electron chi connectivity index (χ0n) is 20.4. The number of carbonyl (C=O) groups excluding carboxylic acids is 1. The second kappa shape index (κ2) is 10.9. The summed E-state index contributed by atoms with van der Waals surface area (Å²) in [7, 11) is 2.22. The van der Waals surface area contributed by atoms with Crippen LogP contribution in [0.1, 0.15) is 48.7 Å². The highest BCUT2D eigenvalue weighted by atomic mass is 16.2. The summed E-state index contributed by atoms with van der Waals surface area (Å²) in [5, 5.41) is 3.66. The maximum absolute atomic E-state index is 13.4. The molecule has 2 aliphatic heterocycles. The summed E-state index contributed by atoms with van der Waals surface area (Å²) in [6.45, 7) is 6.26. The number of fused-ring (bicyclic) bond motifs is 1. The minimum absolute atomic E-state index is 0.158. The van der Waals surface area contributed by atoms with Gasteiger partial charge in [-0.3, -0.25) is 24.6 Å². The number of rotatable bonds is 6. The molecule has 0 radical (unpaired) electrons. The van der Waals surface area contributed by atoms with E-state index in [0.717, 1.165) is 77.2 Å². The summed E-state index contributed by atoms with van der Waals surface area (Å²) in [5.74, 6) is 0.516. The summed E-state index contributed by atoms with van der Waals surface area (Å²) in [5.41, 5.74) is 3.75. The van der Waals surface area contributed by atoms with Crippen molar-refractivity contribution in [2.75, 3.05) is 46.3 Å². The molecule has 2 aromatic heterocycles. The van der Waals surface area contributed by atoms with Crippen LogP contribution in [0.2, 0.25) is 0 Å². The third-order valence-electron chi connectivity index (χ3n) is 7.82. The summed E-state index contributed by atoms with van der Waals surface area (Å²) in [6, 6.07) is 11.0. The number of carbonyl (C=O) groups is 1. The summed E-state index contributed by atoms with van der Waals surface area (Å²) in [6.07, 6.45) is 9.19. The van der Waals surface area contributed by atoms with Gasteiger partial charge in [-0.15, -0.1) is 0 Å². The van der Waals surface area contributed by atoms with Crippen LogP contribution in [-0.2, 0) is 17.8 Å². The molecular weight excluding hydrogens is 424 g/mol.